The highest BCUT2D eigenvalue weighted by molar-refractivity contribution is 7.22. The van der Waals surface area contributed by atoms with Gasteiger partial charge in [-0.05, 0) is 167 Å². The SMILES string of the molecule is Cc1c(O[C@H]2CC[C@H](CCCN3CCC(c4cccc5c(C6CCC(=O)NC6=O)nn(C)c45)CC3)CC2)cccc1-c1ccc(N2CCc3cccc(C(=O)Nc4nc5ccccc5s4)c3C2)nc1C(=O)O. The number of aromatic nitrogens is 4. The minimum absolute atomic E-state index is 0.0188. The van der Waals surface area contributed by atoms with E-state index >= 15 is 0 Å². The highest BCUT2D eigenvalue weighted by atomic mass is 32.1. The number of aryl methyl sites for hydroxylation is 1. The van der Waals surface area contributed by atoms with Crippen LogP contribution in [0.3, 0.4) is 0 Å². The molecule has 72 heavy (non-hydrogen) atoms. The third-order valence-corrected chi connectivity index (χ3v) is 16.7. The Labute approximate surface area is 422 Å². The zero-order chi connectivity index (χ0) is 49.5. The maximum Gasteiger partial charge on any atom is 0.355 e. The average molecular weight is 985 g/mol. The number of rotatable bonds is 13. The predicted molar refractivity (Wildman–Crippen MR) is 280 cm³/mol. The number of hydrogen-bond acceptors (Lipinski definition) is 11. The number of benzene rings is 4. The van der Waals surface area contributed by atoms with Crippen LogP contribution in [0, 0.1) is 12.8 Å². The molecule has 11 rings (SSSR count). The maximum absolute atomic E-state index is 13.7. The van der Waals surface area contributed by atoms with E-state index in [9.17, 15) is 24.3 Å². The van der Waals surface area contributed by atoms with Gasteiger partial charge in [0.1, 0.15) is 11.6 Å². The highest BCUT2D eigenvalue weighted by Crippen LogP contribution is 2.40. The minimum Gasteiger partial charge on any atom is -0.490 e. The monoisotopic (exact) mass is 984 g/mol. The lowest BCUT2D eigenvalue weighted by atomic mass is 9.84. The van der Waals surface area contributed by atoms with Crippen molar-refractivity contribution in [2.24, 2.45) is 13.0 Å². The topological polar surface area (TPSA) is 172 Å². The number of anilines is 2. The molecule has 4 aromatic carbocycles. The fourth-order valence-electron chi connectivity index (χ4n) is 11.8. The van der Waals surface area contributed by atoms with Gasteiger partial charge in [-0.15, -0.1) is 0 Å². The van der Waals surface area contributed by atoms with Gasteiger partial charge in [0.25, 0.3) is 5.91 Å². The molecule has 3 aromatic heterocycles. The van der Waals surface area contributed by atoms with Crippen LogP contribution in [0.5, 0.6) is 5.75 Å². The van der Waals surface area contributed by atoms with Gasteiger partial charge < -0.3 is 19.6 Å². The number of carboxylic acids is 1. The summed E-state index contributed by atoms with van der Waals surface area (Å²) < 4.78 is 9.64. The Morgan fingerprint density at radius 1 is 0.847 bits per heavy atom. The van der Waals surface area contributed by atoms with Gasteiger partial charge in [0, 0.05) is 43.1 Å². The Morgan fingerprint density at radius 3 is 2.46 bits per heavy atom. The molecule has 3 fully saturated rings. The number of imide groups is 1. The molecule has 1 unspecified atom stereocenters. The van der Waals surface area contributed by atoms with Crippen molar-refractivity contribution in [1.29, 1.82) is 0 Å². The molecular formula is C57H60N8O6S. The summed E-state index contributed by atoms with van der Waals surface area (Å²) in [6.45, 7) is 6.29. The standard InChI is InChI=1S/C57H60N8O6S/c1-34-39(41-22-24-49(59-52(41)56(69)70)65-32-28-36-10-5-13-42(45(36)33-65)54(67)61-57-58-46-15-3-4-17-48(46)72-57)11-7-16-47(34)71-38-20-18-35(19-21-38)9-8-29-64-30-26-37(27-31-64)40-12-6-14-43-51(62-63(2)53(40)43)44-23-25-50(66)60-55(44)68/h3-7,10-17,22,24,35,37-38,44H,8-9,18-21,23,25-33H2,1-2H3,(H,69,70)(H,58,61,67)(H,60,66,68)/t35-,38-,44?. The fourth-order valence-corrected chi connectivity index (χ4v) is 12.7. The molecule has 0 radical (unpaired) electrons. The summed E-state index contributed by atoms with van der Waals surface area (Å²) >= 11 is 1.44. The van der Waals surface area contributed by atoms with Crippen molar-refractivity contribution in [3.8, 4) is 16.9 Å². The molecule has 3 amide bonds. The number of aromatic carboxylic acids is 1. The number of carboxylic acid groups (broad SMARTS) is 1. The van der Waals surface area contributed by atoms with Crippen LogP contribution in [-0.4, -0.2) is 85.7 Å². The lowest BCUT2D eigenvalue weighted by Crippen LogP contribution is -2.39. The lowest BCUT2D eigenvalue weighted by molar-refractivity contribution is -0.134. The first-order valence-electron chi connectivity index (χ1n) is 25.6. The first kappa shape index (κ1) is 47.4. The van der Waals surface area contributed by atoms with E-state index in [2.05, 4.69) is 43.6 Å². The van der Waals surface area contributed by atoms with E-state index in [1.807, 2.05) is 91.4 Å². The lowest BCUT2D eigenvalue weighted by Gasteiger charge is -2.33. The molecule has 4 aliphatic rings. The Balaban J connectivity index is 0.672. The normalized spacial score (nSPS) is 19.9. The van der Waals surface area contributed by atoms with Crippen LogP contribution in [-0.2, 0) is 29.6 Å². The highest BCUT2D eigenvalue weighted by Gasteiger charge is 2.34. The van der Waals surface area contributed by atoms with Gasteiger partial charge in [0.05, 0.1) is 33.4 Å². The number of piperidine rings is 2. The number of thiazole rings is 1. The number of nitrogens with zero attached hydrogens (tertiary/aromatic N) is 6. The van der Waals surface area contributed by atoms with E-state index < -0.39 is 11.9 Å². The van der Waals surface area contributed by atoms with Crippen LogP contribution in [0.4, 0.5) is 10.9 Å². The summed E-state index contributed by atoms with van der Waals surface area (Å²) in [7, 11) is 1.97. The van der Waals surface area contributed by atoms with Gasteiger partial charge >= 0.3 is 5.97 Å². The number of pyridine rings is 1. The van der Waals surface area contributed by atoms with Crippen molar-refractivity contribution in [3.63, 3.8) is 0 Å². The summed E-state index contributed by atoms with van der Waals surface area (Å²) in [5.74, 6) is 0.257. The van der Waals surface area contributed by atoms with Crippen molar-refractivity contribution < 1.29 is 29.0 Å². The van der Waals surface area contributed by atoms with Gasteiger partial charge in [-0.2, -0.15) is 5.10 Å². The van der Waals surface area contributed by atoms with Crippen LogP contribution in [0.25, 0.3) is 32.2 Å². The number of ether oxygens (including phenoxy) is 1. The van der Waals surface area contributed by atoms with Gasteiger partial charge in [-0.25, -0.2) is 14.8 Å². The molecule has 3 aliphatic heterocycles. The van der Waals surface area contributed by atoms with E-state index in [-0.39, 0.29) is 29.5 Å². The number of carbonyl (C=O) groups is 4. The molecule has 1 atom stereocenters. The molecule has 14 nitrogen and oxygen atoms in total. The van der Waals surface area contributed by atoms with Crippen molar-refractivity contribution >= 4 is 67.1 Å². The Bertz CT molecular complexity index is 3190. The molecule has 1 saturated carbocycles. The molecule has 1 aliphatic carbocycles. The molecular weight excluding hydrogens is 925 g/mol. The molecule has 3 N–H and O–H groups in total. The summed E-state index contributed by atoms with van der Waals surface area (Å²) in [5, 5.41) is 22.4. The summed E-state index contributed by atoms with van der Waals surface area (Å²) in [4.78, 5) is 65.1. The Hall–Kier alpha value is -6.97. The van der Waals surface area contributed by atoms with Gasteiger partial charge in [-0.1, -0.05) is 65.9 Å². The zero-order valence-electron chi connectivity index (χ0n) is 40.9. The van der Waals surface area contributed by atoms with Gasteiger partial charge in [-0.3, -0.25) is 29.7 Å². The molecule has 15 heteroatoms. The quantitative estimate of drug-likeness (QED) is 0.0939. The Morgan fingerprint density at radius 2 is 1.65 bits per heavy atom. The number of fused-ring (bicyclic) bond motifs is 3. The van der Waals surface area contributed by atoms with E-state index in [0.29, 0.717) is 66.3 Å². The molecule has 0 spiro atoms. The van der Waals surface area contributed by atoms with Crippen LogP contribution in [0.15, 0.2) is 91.0 Å². The number of hydrogen-bond donors (Lipinski definition) is 3. The van der Waals surface area contributed by atoms with Crippen molar-refractivity contribution in [2.45, 2.75) is 102 Å². The van der Waals surface area contributed by atoms with Crippen LogP contribution in [0.2, 0.25) is 0 Å². The second-order valence-corrected chi connectivity index (χ2v) is 21.2. The van der Waals surface area contributed by atoms with Crippen LogP contribution < -0.4 is 20.3 Å². The largest absolute Gasteiger partial charge is 0.490 e. The average Bonchev–Trinajstić information content (AvgIpc) is 3.96. The smallest absolute Gasteiger partial charge is 0.355 e. The Kier molecular flexibility index (Phi) is 13.3. The first-order valence-corrected chi connectivity index (χ1v) is 26.4. The molecule has 7 aromatic rings. The summed E-state index contributed by atoms with van der Waals surface area (Å²) in [6.07, 6.45) is 10.4. The van der Waals surface area contributed by atoms with E-state index in [4.69, 9.17) is 14.8 Å². The molecule has 0 bridgehead atoms. The number of nitrogens with one attached hydrogen (secondary N) is 2. The predicted octanol–water partition coefficient (Wildman–Crippen LogP) is 10.2. The van der Waals surface area contributed by atoms with Crippen molar-refractivity contribution in [3.05, 3.63) is 130 Å². The third kappa shape index (κ3) is 9.59. The second-order valence-electron chi connectivity index (χ2n) is 20.1. The number of para-hydroxylation sites is 2. The van der Waals surface area contributed by atoms with Gasteiger partial charge in [0.15, 0.2) is 10.8 Å². The van der Waals surface area contributed by atoms with E-state index in [0.717, 1.165) is 113 Å². The van der Waals surface area contributed by atoms with Crippen LogP contribution >= 0.6 is 11.3 Å². The van der Waals surface area contributed by atoms with Gasteiger partial charge in [0.2, 0.25) is 11.8 Å². The number of amides is 3. The van der Waals surface area contributed by atoms with Crippen LogP contribution in [0.1, 0.15) is 125 Å². The minimum atomic E-state index is -1.10. The number of likely N-dealkylation sites (tertiary alicyclic amines) is 1. The van der Waals surface area contributed by atoms with Crippen molar-refractivity contribution in [2.75, 3.05) is 36.4 Å². The summed E-state index contributed by atoms with van der Waals surface area (Å²) in [6, 6.07) is 29.6. The molecule has 2 saturated heterocycles. The second kappa shape index (κ2) is 20.3. The summed E-state index contributed by atoms with van der Waals surface area (Å²) in [5.41, 5.74) is 8.78. The fraction of sp³-hybridized carbons (Fsp3) is 0.386. The van der Waals surface area contributed by atoms with E-state index in [1.165, 1.54) is 29.7 Å². The molecule has 370 valence electrons. The first-order chi connectivity index (χ1) is 35.0. The number of carbonyl (C=O) groups excluding carboxylic acids is 3. The van der Waals surface area contributed by atoms with E-state index in [1.54, 1.807) is 0 Å². The maximum atomic E-state index is 13.7. The zero-order valence-corrected chi connectivity index (χ0v) is 41.7. The molecule has 6 heterocycles. The van der Waals surface area contributed by atoms with Crippen molar-refractivity contribution in [1.82, 2.24) is 30.0 Å². The third-order valence-electron chi connectivity index (χ3n) is 15.7.